The van der Waals surface area contributed by atoms with Crippen molar-refractivity contribution in [2.45, 2.75) is 51.4 Å². The molecule has 1 aliphatic heterocycles. The molecule has 1 aromatic carbocycles. The van der Waals surface area contributed by atoms with Crippen LogP contribution in [-0.2, 0) is 5.41 Å². The first-order valence-electron chi connectivity index (χ1n) is 8.92. The van der Waals surface area contributed by atoms with Crippen LogP contribution in [0.3, 0.4) is 0 Å². The summed E-state index contributed by atoms with van der Waals surface area (Å²) in [5, 5.41) is 3.69. The average molecular weight is 334 g/mol. The van der Waals surface area contributed by atoms with Crippen molar-refractivity contribution in [1.82, 2.24) is 15.3 Å². The quantitative estimate of drug-likeness (QED) is 0.876. The van der Waals surface area contributed by atoms with Crippen LogP contribution in [0.1, 0.15) is 50.4 Å². The van der Waals surface area contributed by atoms with Crippen molar-refractivity contribution in [3.8, 4) is 0 Å². The molecule has 1 aliphatic carbocycles. The Morgan fingerprint density at radius 3 is 2.65 bits per heavy atom. The second-order valence-electron chi connectivity index (χ2n) is 7.30. The number of hydrogen-bond donors (Lipinski definition) is 2. The van der Waals surface area contributed by atoms with Crippen molar-refractivity contribution in [2.75, 3.05) is 13.1 Å². The van der Waals surface area contributed by atoms with Crippen molar-refractivity contribution in [1.29, 1.82) is 0 Å². The Balaban J connectivity index is 0.00000156. The third kappa shape index (κ3) is 2.49. The van der Waals surface area contributed by atoms with Gasteiger partial charge in [0.1, 0.15) is 5.82 Å². The molecule has 2 heterocycles. The number of rotatable bonds is 3. The molecule has 0 amide bonds. The first kappa shape index (κ1) is 16.8. The van der Waals surface area contributed by atoms with Crippen LogP contribution in [-0.4, -0.2) is 23.1 Å². The Labute approximate surface area is 145 Å². The van der Waals surface area contributed by atoms with Crippen molar-refractivity contribution < 1.29 is 0 Å². The fraction of sp³-hybridized carbons (Fsp3) is 0.632. The van der Waals surface area contributed by atoms with Crippen LogP contribution < -0.4 is 5.32 Å². The molecule has 126 valence electrons. The predicted octanol–water partition coefficient (Wildman–Crippen LogP) is 4.35. The summed E-state index contributed by atoms with van der Waals surface area (Å²) in [4.78, 5) is 8.30. The van der Waals surface area contributed by atoms with E-state index < -0.39 is 0 Å². The zero-order chi connectivity index (χ0) is 15.2. The maximum absolute atomic E-state index is 4.87. The lowest BCUT2D eigenvalue weighted by atomic mass is 9.53. The maximum atomic E-state index is 4.87. The third-order valence-corrected chi connectivity index (χ3v) is 6.14. The number of fused-ring (bicyclic) bond motifs is 3. The molecule has 4 heteroatoms. The van der Waals surface area contributed by atoms with Gasteiger partial charge < -0.3 is 10.3 Å². The van der Waals surface area contributed by atoms with Crippen molar-refractivity contribution >= 4 is 23.4 Å². The van der Waals surface area contributed by atoms with E-state index in [2.05, 4.69) is 42.3 Å². The monoisotopic (exact) mass is 333 g/mol. The molecule has 0 spiro atoms. The van der Waals surface area contributed by atoms with Gasteiger partial charge in [-0.05, 0) is 62.7 Å². The lowest BCUT2D eigenvalue weighted by Gasteiger charge is -2.54. The maximum Gasteiger partial charge on any atom is 0.104 e. The lowest BCUT2D eigenvalue weighted by Crippen LogP contribution is -2.56. The molecule has 2 fully saturated rings. The van der Waals surface area contributed by atoms with E-state index in [1.54, 1.807) is 0 Å². The number of aromatic amines is 1. The van der Waals surface area contributed by atoms with Crippen molar-refractivity contribution in [2.24, 2.45) is 11.8 Å². The number of imidazole rings is 1. The van der Waals surface area contributed by atoms with Crippen LogP contribution in [0.25, 0.3) is 11.0 Å². The molecule has 2 atom stereocenters. The van der Waals surface area contributed by atoms with E-state index >= 15 is 0 Å². The summed E-state index contributed by atoms with van der Waals surface area (Å²) in [6.45, 7) is 6.77. The smallest absolute Gasteiger partial charge is 0.104 e. The Bertz CT molecular complexity index is 656. The number of hydrogen-bond acceptors (Lipinski definition) is 2. The minimum atomic E-state index is 0. The normalized spacial score (nSPS) is 30.2. The van der Waals surface area contributed by atoms with Gasteiger partial charge in [-0.1, -0.05) is 31.9 Å². The van der Waals surface area contributed by atoms with Crippen LogP contribution in [0, 0.1) is 18.8 Å². The fourth-order valence-corrected chi connectivity index (χ4v) is 5.39. The minimum Gasteiger partial charge on any atom is -0.342 e. The highest BCUT2D eigenvalue weighted by Crippen LogP contribution is 2.53. The Kier molecular flexibility index (Phi) is 4.70. The van der Waals surface area contributed by atoms with Gasteiger partial charge in [-0.3, -0.25) is 0 Å². The van der Waals surface area contributed by atoms with Crippen molar-refractivity contribution in [3.63, 3.8) is 0 Å². The summed E-state index contributed by atoms with van der Waals surface area (Å²) >= 11 is 0. The van der Waals surface area contributed by atoms with Crippen LogP contribution in [0.5, 0.6) is 0 Å². The molecule has 1 saturated heterocycles. The zero-order valence-corrected chi connectivity index (χ0v) is 15.0. The second kappa shape index (κ2) is 6.45. The molecular formula is C19H28ClN3. The van der Waals surface area contributed by atoms with Crippen LogP contribution in [0.2, 0.25) is 0 Å². The van der Waals surface area contributed by atoms with Gasteiger partial charge in [0.25, 0.3) is 0 Å². The summed E-state index contributed by atoms with van der Waals surface area (Å²) in [6, 6.07) is 6.77. The highest BCUT2D eigenvalue weighted by atomic mass is 35.5. The molecular weight excluding hydrogens is 306 g/mol. The van der Waals surface area contributed by atoms with E-state index in [0.717, 1.165) is 17.7 Å². The SMILES string of the molecule is CCCC1(c2cccc3[nH]c(C)nc23)C2CCCC1CNC2.Cl. The summed E-state index contributed by atoms with van der Waals surface area (Å²) in [5.41, 5.74) is 4.29. The lowest BCUT2D eigenvalue weighted by molar-refractivity contribution is 0.0587. The average Bonchev–Trinajstić information content (AvgIpc) is 2.87. The summed E-state index contributed by atoms with van der Waals surface area (Å²) in [6.07, 6.45) is 6.69. The molecule has 1 aromatic heterocycles. The minimum absolute atomic E-state index is 0. The predicted molar refractivity (Wildman–Crippen MR) is 98.4 cm³/mol. The number of nitrogens with zero attached hydrogens (tertiary/aromatic N) is 1. The molecule has 0 radical (unpaired) electrons. The van der Waals surface area contributed by atoms with E-state index in [-0.39, 0.29) is 12.4 Å². The molecule has 2 bridgehead atoms. The van der Waals surface area contributed by atoms with Crippen LogP contribution in [0.4, 0.5) is 0 Å². The van der Waals surface area contributed by atoms with E-state index in [9.17, 15) is 0 Å². The Morgan fingerprint density at radius 1 is 1.22 bits per heavy atom. The summed E-state index contributed by atoms with van der Waals surface area (Å²) in [5.74, 6) is 2.57. The summed E-state index contributed by atoms with van der Waals surface area (Å²) in [7, 11) is 0. The number of benzene rings is 1. The first-order valence-corrected chi connectivity index (χ1v) is 8.92. The van der Waals surface area contributed by atoms with E-state index in [1.807, 2.05) is 0 Å². The number of H-pyrrole nitrogens is 1. The molecule has 2 N–H and O–H groups in total. The zero-order valence-electron chi connectivity index (χ0n) is 14.2. The van der Waals surface area contributed by atoms with Crippen LogP contribution >= 0.6 is 12.4 Å². The number of aromatic nitrogens is 2. The standard InChI is InChI=1S/C19H27N3.ClH/c1-3-10-19(14-6-4-7-15(19)12-20-11-14)16-8-5-9-17-18(16)22-13(2)21-17;/h5,8-9,14-15,20H,3-4,6-7,10-12H2,1-2H3,(H,21,22);1H. The van der Waals surface area contributed by atoms with Gasteiger partial charge in [0.2, 0.25) is 0 Å². The molecule has 2 aliphatic rings. The number of nitrogens with one attached hydrogen (secondary N) is 2. The Hall–Kier alpha value is -1.06. The fourth-order valence-electron chi connectivity index (χ4n) is 5.39. The summed E-state index contributed by atoms with van der Waals surface area (Å²) < 4.78 is 0. The van der Waals surface area contributed by atoms with Crippen molar-refractivity contribution in [3.05, 3.63) is 29.6 Å². The van der Waals surface area contributed by atoms with Gasteiger partial charge in [0, 0.05) is 5.41 Å². The Morgan fingerprint density at radius 2 is 1.96 bits per heavy atom. The van der Waals surface area contributed by atoms with E-state index in [4.69, 9.17) is 4.98 Å². The number of piperidine rings is 1. The van der Waals surface area contributed by atoms with Gasteiger partial charge in [-0.25, -0.2) is 4.98 Å². The molecule has 4 rings (SSSR count). The topological polar surface area (TPSA) is 40.7 Å². The largest absolute Gasteiger partial charge is 0.342 e. The van der Waals surface area contributed by atoms with Gasteiger partial charge in [0.05, 0.1) is 11.0 Å². The van der Waals surface area contributed by atoms with Gasteiger partial charge in [-0.15, -0.1) is 12.4 Å². The van der Waals surface area contributed by atoms with E-state index in [0.29, 0.717) is 5.41 Å². The van der Waals surface area contributed by atoms with Gasteiger partial charge >= 0.3 is 0 Å². The van der Waals surface area contributed by atoms with Gasteiger partial charge in [-0.2, -0.15) is 0 Å². The number of para-hydroxylation sites is 1. The molecule has 1 saturated carbocycles. The highest BCUT2D eigenvalue weighted by molar-refractivity contribution is 5.85. The second-order valence-corrected chi connectivity index (χ2v) is 7.30. The third-order valence-electron chi connectivity index (χ3n) is 6.14. The van der Waals surface area contributed by atoms with Gasteiger partial charge in [0.15, 0.2) is 0 Å². The van der Waals surface area contributed by atoms with E-state index in [1.165, 1.54) is 61.8 Å². The number of aryl methyl sites for hydroxylation is 1. The van der Waals surface area contributed by atoms with Crippen LogP contribution in [0.15, 0.2) is 18.2 Å². The molecule has 3 nitrogen and oxygen atoms in total. The molecule has 2 unspecified atom stereocenters. The number of halogens is 1. The highest BCUT2D eigenvalue weighted by Gasteiger charge is 2.50. The molecule has 2 aromatic rings. The first-order chi connectivity index (χ1) is 10.8. The molecule has 23 heavy (non-hydrogen) atoms.